The second-order valence-corrected chi connectivity index (χ2v) is 7.46. The molecule has 0 bridgehead atoms. The van der Waals surface area contributed by atoms with Gasteiger partial charge in [0.1, 0.15) is 0 Å². The van der Waals surface area contributed by atoms with Crippen molar-refractivity contribution in [2.45, 2.75) is 18.9 Å². The van der Waals surface area contributed by atoms with E-state index in [2.05, 4.69) is 10.0 Å². The lowest BCUT2D eigenvalue weighted by Crippen LogP contribution is -2.52. The molecule has 1 amide bonds. The lowest BCUT2D eigenvalue weighted by molar-refractivity contribution is -0.201. The van der Waals surface area contributed by atoms with Crippen molar-refractivity contribution >= 4 is 17.5 Å². The van der Waals surface area contributed by atoms with Gasteiger partial charge in [-0.3, -0.25) is 10.2 Å². The number of amides is 1. The highest BCUT2D eigenvalue weighted by atomic mass is 19.4. The number of hydrogen-bond donors (Lipinski definition) is 1. The zero-order chi connectivity index (χ0) is 21.3. The molecule has 0 aliphatic carbocycles. The molecule has 2 aliphatic rings. The molecular formula is C21H21F3N4O2. The summed E-state index contributed by atoms with van der Waals surface area (Å²) in [5, 5.41) is 3.62. The number of nitrogens with zero attached hydrogens (tertiary/aromatic N) is 3. The Morgan fingerprint density at radius 1 is 1.17 bits per heavy atom. The number of carbonyl (C=O) groups is 1. The van der Waals surface area contributed by atoms with E-state index in [1.54, 1.807) is 29.2 Å². The smallest absolute Gasteiger partial charge is 0.441 e. The average molecular weight is 418 g/mol. The normalized spacial score (nSPS) is 19.5. The van der Waals surface area contributed by atoms with Crippen LogP contribution in [0.5, 0.6) is 0 Å². The minimum absolute atomic E-state index is 0.0406. The Labute approximate surface area is 171 Å². The molecule has 30 heavy (non-hydrogen) atoms. The van der Waals surface area contributed by atoms with E-state index in [9.17, 15) is 18.0 Å². The molecule has 1 unspecified atom stereocenters. The van der Waals surface area contributed by atoms with Gasteiger partial charge in [0.25, 0.3) is 6.23 Å². The van der Waals surface area contributed by atoms with Crippen LogP contribution in [0.25, 0.3) is 0 Å². The molecule has 4 rings (SSSR count). The summed E-state index contributed by atoms with van der Waals surface area (Å²) in [6.07, 6.45) is -6.68. The number of hydrogen-bond acceptors (Lipinski definition) is 5. The molecule has 1 fully saturated rings. The molecule has 2 heterocycles. The topological polar surface area (TPSA) is 57.2 Å². The van der Waals surface area contributed by atoms with Crippen molar-refractivity contribution in [1.29, 1.82) is 0 Å². The highest BCUT2D eigenvalue weighted by Crippen LogP contribution is 2.26. The SMILES string of the molecule is CN1CC(C(=O)N(Cc2ccc(C3=NNC(C(F)(F)F)O3)cc2)c2ccccc2)C1. The van der Waals surface area contributed by atoms with Gasteiger partial charge in [-0.1, -0.05) is 30.3 Å². The molecule has 2 aromatic carbocycles. The second-order valence-electron chi connectivity index (χ2n) is 7.46. The van der Waals surface area contributed by atoms with E-state index in [1.807, 2.05) is 42.8 Å². The van der Waals surface area contributed by atoms with Gasteiger partial charge in [-0.2, -0.15) is 13.2 Å². The van der Waals surface area contributed by atoms with Gasteiger partial charge in [-0.05, 0) is 36.9 Å². The van der Waals surface area contributed by atoms with Crippen LogP contribution < -0.4 is 10.3 Å². The maximum Gasteiger partial charge on any atom is 0.446 e. The summed E-state index contributed by atoms with van der Waals surface area (Å²) in [6.45, 7) is 1.82. The predicted molar refractivity (Wildman–Crippen MR) is 106 cm³/mol. The Kier molecular flexibility index (Phi) is 5.38. The number of likely N-dealkylation sites (tertiary alicyclic amines) is 1. The Morgan fingerprint density at radius 3 is 2.40 bits per heavy atom. The molecule has 2 aliphatic heterocycles. The first-order valence-electron chi connectivity index (χ1n) is 9.52. The van der Waals surface area contributed by atoms with Gasteiger partial charge in [0, 0.05) is 24.3 Å². The average Bonchev–Trinajstić information content (AvgIpc) is 3.21. The Balaban J connectivity index is 1.48. The standard InChI is InChI=1S/C21H21F3N4O2/c1-27-12-16(13-27)19(29)28(17-5-3-2-4-6-17)11-14-7-9-15(10-8-14)18-25-26-20(30-18)21(22,23)24/h2-10,16,20,26H,11-13H2,1H3. The van der Waals surface area contributed by atoms with E-state index < -0.39 is 12.4 Å². The van der Waals surface area contributed by atoms with Crippen molar-refractivity contribution in [3.63, 3.8) is 0 Å². The lowest BCUT2D eigenvalue weighted by atomic mass is 9.98. The summed E-state index contributed by atoms with van der Waals surface area (Å²) in [6, 6.07) is 16.2. The molecule has 1 saturated heterocycles. The largest absolute Gasteiger partial charge is 0.446 e. The highest BCUT2D eigenvalue weighted by molar-refractivity contribution is 5.96. The van der Waals surface area contributed by atoms with Crippen LogP contribution in [-0.4, -0.2) is 49.2 Å². The van der Waals surface area contributed by atoms with Gasteiger partial charge in [0.05, 0.1) is 12.5 Å². The Bertz CT molecular complexity index is 926. The maximum absolute atomic E-state index is 13.0. The summed E-state index contributed by atoms with van der Waals surface area (Å²) in [7, 11) is 1.97. The molecule has 0 radical (unpaired) electrons. The molecule has 2 aromatic rings. The van der Waals surface area contributed by atoms with Crippen LogP contribution in [0.1, 0.15) is 11.1 Å². The molecule has 1 N–H and O–H groups in total. The summed E-state index contributed by atoms with van der Waals surface area (Å²) in [5.74, 6) is -0.0948. The van der Waals surface area contributed by atoms with Crippen molar-refractivity contribution in [2.24, 2.45) is 11.0 Å². The minimum atomic E-state index is -4.54. The summed E-state index contributed by atoms with van der Waals surface area (Å²) < 4.78 is 43.0. The van der Waals surface area contributed by atoms with Crippen LogP contribution in [0, 0.1) is 5.92 Å². The number of anilines is 1. The van der Waals surface area contributed by atoms with E-state index in [0.717, 1.165) is 24.3 Å². The van der Waals surface area contributed by atoms with Gasteiger partial charge >= 0.3 is 6.18 Å². The van der Waals surface area contributed by atoms with Gasteiger partial charge in [0.15, 0.2) is 0 Å². The third kappa shape index (κ3) is 4.25. The first kappa shape index (κ1) is 20.2. The van der Waals surface area contributed by atoms with Crippen LogP contribution in [0.4, 0.5) is 18.9 Å². The second kappa shape index (κ2) is 7.98. The minimum Gasteiger partial charge on any atom is -0.441 e. The molecule has 1 atom stereocenters. The maximum atomic E-state index is 13.0. The molecule has 9 heteroatoms. The quantitative estimate of drug-likeness (QED) is 0.811. The third-order valence-corrected chi connectivity index (χ3v) is 5.10. The number of halogens is 3. The van der Waals surface area contributed by atoms with E-state index >= 15 is 0 Å². The van der Waals surface area contributed by atoms with E-state index in [-0.39, 0.29) is 17.7 Å². The molecule has 0 spiro atoms. The fraction of sp³-hybridized carbons (Fsp3) is 0.333. The predicted octanol–water partition coefficient (Wildman–Crippen LogP) is 2.95. The van der Waals surface area contributed by atoms with Gasteiger partial charge in [0.2, 0.25) is 11.8 Å². The number of carbonyl (C=O) groups excluding carboxylic acids is 1. The third-order valence-electron chi connectivity index (χ3n) is 5.10. The van der Waals surface area contributed by atoms with E-state index in [0.29, 0.717) is 12.1 Å². The van der Waals surface area contributed by atoms with Crippen LogP contribution in [0.2, 0.25) is 0 Å². The van der Waals surface area contributed by atoms with Gasteiger partial charge < -0.3 is 14.5 Å². The van der Waals surface area contributed by atoms with Crippen LogP contribution in [0.15, 0.2) is 59.7 Å². The van der Waals surface area contributed by atoms with Crippen molar-refractivity contribution < 1.29 is 22.7 Å². The molecule has 0 saturated carbocycles. The fourth-order valence-corrected chi connectivity index (χ4v) is 3.47. The lowest BCUT2D eigenvalue weighted by Gasteiger charge is -2.38. The number of hydrazone groups is 1. The van der Waals surface area contributed by atoms with E-state index in [4.69, 9.17) is 4.74 Å². The fourth-order valence-electron chi connectivity index (χ4n) is 3.47. The monoisotopic (exact) mass is 418 g/mol. The van der Waals surface area contributed by atoms with Gasteiger partial charge in [-0.25, -0.2) is 0 Å². The van der Waals surface area contributed by atoms with Crippen LogP contribution >= 0.6 is 0 Å². The number of alkyl halides is 3. The number of para-hydroxylation sites is 1. The zero-order valence-corrected chi connectivity index (χ0v) is 16.3. The van der Waals surface area contributed by atoms with Crippen LogP contribution in [0.3, 0.4) is 0 Å². The number of ether oxygens (including phenoxy) is 1. The van der Waals surface area contributed by atoms with Crippen molar-refractivity contribution in [3.8, 4) is 0 Å². The van der Waals surface area contributed by atoms with E-state index in [1.165, 1.54) is 0 Å². The van der Waals surface area contributed by atoms with Crippen molar-refractivity contribution in [3.05, 3.63) is 65.7 Å². The van der Waals surface area contributed by atoms with Crippen LogP contribution in [-0.2, 0) is 16.1 Å². The Hall–Kier alpha value is -3.07. The first-order chi connectivity index (χ1) is 14.3. The highest BCUT2D eigenvalue weighted by Gasteiger charge is 2.45. The Morgan fingerprint density at radius 2 is 1.83 bits per heavy atom. The summed E-state index contributed by atoms with van der Waals surface area (Å²) in [4.78, 5) is 16.9. The number of nitrogens with one attached hydrogen (secondary N) is 1. The molecular weight excluding hydrogens is 397 g/mol. The van der Waals surface area contributed by atoms with Gasteiger partial charge in [-0.15, -0.1) is 5.10 Å². The zero-order valence-electron chi connectivity index (χ0n) is 16.3. The summed E-state index contributed by atoms with van der Waals surface area (Å²) >= 11 is 0. The first-order valence-corrected chi connectivity index (χ1v) is 9.52. The number of rotatable bonds is 5. The number of benzene rings is 2. The summed E-state index contributed by atoms with van der Waals surface area (Å²) in [5.41, 5.74) is 4.03. The molecule has 6 nitrogen and oxygen atoms in total. The van der Waals surface area contributed by atoms with Crippen molar-refractivity contribution in [2.75, 3.05) is 25.0 Å². The molecule has 158 valence electrons. The molecule has 0 aromatic heterocycles. The van der Waals surface area contributed by atoms with Crippen molar-refractivity contribution in [1.82, 2.24) is 10.3 Å².